The first-order valence-corrected chi connectivity index (χ1v) is 16.4. The second-order valence-corrected chi connectivity index (χ2v) is 14.1. The van der Waals surface area contributed by atoms with Crippen molar-refractivity contribution in [3.8, 4) is 28.4 Å². The van der Waals surface area contributed by atoms with Gasteiger partial charge in [0.25, 0.3) is 16.1 Å². The highest BCUT2D eigenvalue weighted by Crippen LogP contribution is 2.45. The highest BCUT2D eigenvalue weighted by Gasteiger charge is 2.39. The molecule has 1 N–H and O–H groups in total. The number of nitrogens with zero attached hydrogens (tertiary/aromatic N) is 1. The van der Waals surface area contributed by atoms with Crippen LogP contribution in [0.5, 0.6) is 17.2 Å². The average molecular weight is 618 g/mol. The van der Waals surface area contributed by atoms with Gasteiger partial charge in [-0.05, 0) is 63.1 Å². The predicted octanol–water partition coefficient (Wildman–Crippen LogP) is 7.49. The maximum atomic E-state index is 14.1. The molecule has 1 heterocycles. The topological polar surface area (TPSA) is 77.1 Å². The Bertz CT molecular complexity index is 1790. The number of carbonyl (C=O) groups is 1. The first-order valence-electron chi connectivity index (χ1n) is 14.3. The molecular formula is C35H38FN2O5S+. The minimum absolute atomic E-state index is 0.0587. The lowest BCUT2D eigenvalue weighted by atomic mass is 9.91. The van der Waals surface area contributed by atoms with E-state index >= 15 is 0 Å². The van der Waals surface area contributed by atoms with Crippen LogP contribution >= 0.6 is 0 Å². The van der Waals surface area contributed by atoms with Crippen LogP contribution in [-0.2, 0) is 31.6 Å². The molecule has 1 amide bonds. The van der Waals surface area contributed by atoms with Crippen LogP contribution in [0.3, 0.4) is 0 Å². The van der Waals surface area contributed by atoms with Crippen LogP contribution in [0.4, 0.5) is 15.8 Å². The van der Waals surface area contributed by atoms with Crippen LogP contribution in [0.2, 0.25) is 0 Å². The Balaban J connectivity index is 1.54. The highest BCUT2D eigenvalue weighted by molar-refractivity contribution is 7.97. The normalized spacial score (nSPS) is 15.2. The Morgan fingerprint density at radius 2 is 1.70 bits per heavy atom. The molecular weight excluding hydrogens is 579 g/mol. The van der Waals surface area contributed by atoms with E-state index in [0.29, 0.717) is 22.9 Å². The van der Waals surface area contributed by atoms with Gasteiger partial charge in [0.2, 0.25) is 0 Å². The lowest BCUT2D eigenvalue weighted by molar-refractivity contribution is -0.121. The summed E-state index contributed by atoms with van der Waals surface area (Å²) in [5.74, 6) is 1.08. The summed E-state index contributed by atoms with van der Waals surface area (Å²) in [6.07, 6.45) is 1.60. The summed E-state index contributed by atoms with van der Waals surface area (Å²) in [6.45, 7) is 7.57. The second-order valence-electron chi connectivity index (χ2n) is 11.8. The zero-order chi connectivity index (χ0) is 31.8. The smallest absolute Gasteiger partial charge is 0.260 e. The molecule has 44 heavy (non-hydrogen) atoms. The van der Waals surface area contributed by atoms with E-state index < -0.39 is 21.6 Å². The van der Waals surface area contributed by atoms with Gasteiger partial charge in [0.1, 0.15) is 35.7 Å². The van der Waals surface area contributed by atoms with Crippen molar-refractivity contribution in [1.29, 1.82) is 0 Å². The predicted molar refractivity (Wildman–Crippen MR) is 174 cm³/mol. The summed E-state index contributed by atoms with van der Waals surface area (Å²) in [4.78, 5) is 15.0. The van der Waals surface area contributed by atoms with Crippen LogP contribution in [0.1, 0.15) is 36.1 Å². The summed E-state index contributed by atoms with van der Waals surface area (Å²) in [7, 11) is 0.592. The quantitative estimate of drug-likeness (QED) is 0.196. The van der Waals surface area contributed by atoms with E-state index in [0.717, 1.165) is 39.1 Å². The van der Waals surface area contributed by atoms with Gasteiger partial charge in [0.05, 0.1) is 18.5 Å². The summed E-state index contributed by atoms with van der Waals surface area (Å²) >= 11 is 0. The van der Waals surface area contributed by atoms with Gasteiger partial charge in [0, 0.05) is 35.9 Å². The third kappa shape index (κ3) is 6.43. The molecule has 1 aliphatic heterocycles. The lowest BCUT2D eigenvalue weighted by Gasteiger charge is -2.39. The zero-order valence-corrected chi connectivity index (χ0v) is 26.9. The molecule has 0 aromatic heterocycles. The van der Waals surface area contributed by atoms with E-state index in [9.17, 15) is 13.4 Å². The fourth-order valence-electron chi connectivity index (χ4n) is 5.59. The van der Waals surface area contributed by atoms with Gasteiger partial charge >= 0.3 is 0 Å². The van der Waals surface area contributed by atoms with Gasteiger partial charge in [-0.2, -0.15) is 0 Å². The van der Waals surface area contributed by atoms with Gasteiger partial charge in [-0.25, -0.2) is 4.39 Å². The molecule has 1 atom stereocenters. The molecule has 4 aromatic rings. The summed E-state index contributed by atoms with van der Waals surface area (Å²) in [5.41, 5.74) is 5.65. The summed E-state index contributed by atoms with van der Waals surface area (Å²) < 4.78 is 45.5. The number of hydrogen-bond acceptors (Lipinski definition) is 6. The van der Waals surface area contributed by atoms with E-state index in [1.807, 2.05) is 70.2 Å². The van der Waals surface area contributed by atoms with Crippen molar-refractivity contribution < 1.29 is 27.1 Å². The third-order valence-corrected chi connectivity index (χ3v) is 9.08. The molecule has 1 aliphatic rings. The van der Waals surface area contributed by atoms with Crippen LogP contribution < -0.4 is 23.9 Å². The Morgan fingerprint density at radius 1 is 0.955 bits per heavy atom. The molecule has 0 bridgehead atoms. The van der Waals surface area contributed by atoms with Crippen LogP contribution in [0.15, 0.2) is 72.8 Å². The number of hydrogen-bond donors (Lipinski definition) is 1. The minimum atomic E-state index is -2.71. The zero-order valence-electron chi connectivity index (χ0n) is 26.1. The van der Waals surface area contributed by atoms with Gasteiger partial charge in [-0.15, -0.1) is 0 Å². The first kappa shape index (κ1) is 31.1. The van der Waals surface area contributed by atoms with E-state index in [1.165, 1.54) is 12.1 Å². The molecule has 0 spiro atoms. The van der Waals surface area contributed by atoms with Crippen molar-refractivity contribution in [3.63, 3.8) is 0 Å². The largest absolute Gasteiger partial charge is 0.496 e. The number of benzene rings is 4. The maximum Gasteiger partial charge on any atom is 0.260 e. The molecule has 0 fully saturated rings. The van der Waals surface area contributed by atoms with Crippen molar-refractivity contribution in [2.75, 3.05) is 30.6 Å². The molecule has 1 unspecified atom stereocenters. The van der Waals surface area contributed by atoms with Gasteiger partial charge in [0.15, 0.2) is 11.5 Å². The number of carbonyl (C=O) groups excluding carboxylic acids is 1. The van der Waals surface area contributed by atoms with Crippen molar-refractivity contribution in [1.82, 2.24) is 0 Å². The highest BCUT2D eigenvalue weighted by atomic mass is 32.3. The number of aryl methyl sites for hydroxylation is 2. The summed E-state index contributed by atoms with van der Waals surface area (Å²) in [5, 5.41) is 3.35. The molecule has 0 radical (unpaired) electrons. The molecule has 4 aromatic carbocycles. The van der Waals surface area contributed by atoms with E-state index in [1.54, 1.807) is 43.5 Å². The lowest BCUT2D eigenvalue weighted by Crippen LogP contribution is -2.52. The van der Waals surface area contributed by atoms with Gasteiger partial charge in [-0.1, -0.05) is 46.2 Å². The van der Waals surface area contributed by atoms with E-state index in [2.05, 4.69) is 5.32 Å². The number of methoxy groups -OCH3 is 1. The Morgan fingerprint density at radius 3 is 2.43 bits per heavy atom. The molecule has 9 heteroatoms. The van der Waals surface area contributed by atoms with Crippen molar-refractivity contribution >= 4 is 27.5 Å². The Hall–Kier alpha value is -4.37. The fraction of sp³-hybridized carbons (Fsp3) is 0.286. The number of anilines is 2. The first-order chi connectivity index (χ1) is 20.8. The van der Waals surface area contributed by atoms with Crippen molar-refractivity contribution in [2.45, 2.75) is 45.6 Å². The third-order valence-electron chi connectivity index (χ3n) is 7.67. The standard InChI is InChI=1S/C35H38FN2O5S/c1-22-9-8-10-24(17-22)21-44(7,40)43-26-13-14-28(32(19-26)41-6)27-15-16-30-33(38(5)34(39)35(3,4)37-30)29(27)20-42-31-18-25(36)12-11-23(31)2/h8-19,37H,20-21H2,1-7H3/q+1. The maximum absolute atomic E-state index is 14.1. The Kier molecular flexibility index (Phi) is 8.44. The average Bonchev–Trinajstić information content (AvgIpc) is 2.95. The number of rotatable bonds is 9. The monoisotopic (exact) mass is 617 g/mol. The SMILES string of the molecule is COc1cc(O[S+](C)(=O)Cc2cccc(C)c2)ccc1-c1ccc2c(c1COc1cc(F)ccc1C)N(C)C(=O)C(C)(C)N2. The number of fused-ring (bicyclic) bond motifs is 1. The van der Waals surface area contributed by atoms with Crippen molar-refractivity contribution in [3.05, 3.63) is 101 Å². The van der Waals surface area contributed by atoms with Crippen LogP contribution in [0.25, 0.3) is 11.1 Å². The van der Waals surface area contributed by atoms with Gasteiger partial charge < -0.3 is 19.7 Å². The summed E-state index contributed by atoms with van der Waals surface area (Å²) in [6, 6.07) is 21.5. The van der Waals surface area contributed by atoms with Crippen molar-refractivity contribution in [2.24, 2.45) is 0 Å². The van der Waals surface area contributed by atoms with E-state index in [-0.39, 0.29) is 18.3 Å². The molecule has 0 saturated carbocycles. The number of likely N-dealkylation sites (N-methyl/N-ethyl adjacent to an activating group) is 1. The minimum Gasteiger partial charge on any atom is -0.496 e. The van der Waals surface area contributed by atoms with Crippen LogP contribution in [0, 0.1) is 19.7 Å². The van der Waals surface area contributed by atoms with Gasteiger partial charge in [-0.3, -0.25) is 8.98 Å². The number of halogens is 1. The number of amides is 1. The molecule has 0 aliphatic carbocycles. The Labute approximate surface area is 259 Å². The second kappa shape index (κ2) is 12.0. The molecule has 0 saturated heterocycles. The molecule has 230 valence electrons. The molecule has 7 nitrogen and oxygen atoms in total. The number of ether oxygens (including phenoxy) is 2. The number of nitrogens with one attached hydrogen (secondary N) is 1. The van der Waals surface area contributed by atoms with E-state index in [4.69, 9.17) is 13.7 Å². The molecule has 5 rings (SSSR count). The fourth-order valence-corrected chi connectivity index (χ4v) is 6.95. The van der Waals surface area contributed by atoms with Crippen LogP contribution in [-0.4, -0.2) is 31.9 Å².